The molecule has 0 saturated carbocycles. The van der Waals surface area contributed by atoms with Gasteiger partial charge in [-0.1, -0.05) is 13.0 Å². The van der Waals surface area contributed by atoms with Crippen molar-refractivity contribution in [2.75, 3.05) is 47.1 Å². The SMILES string of the molecule is CCC(C(=O)Nc1ccc(N2CCOCC2)cc1)N(c1cc([N+](=O)[O-])ccc1C)S(C)(=O)=O. The molecule has 0 aromatic heterocycles. The van der Waals surface area contributed by atoms with Crippen LogP contribution in [0.3, 0.4) is 0 Å². The fraction of sp³-hybridized carbons (Fsp3) is 0.409. The van der Waals surface area contributed by atoms with Gasteiger partial charge in [-0.15, -0.1) is 0 Å². The van der Waals surface area contributed by atoms with E-state index in [0.717, 1.165) is 29.3 Å². The molecule has 1 aliphatic heterocycles. The topological polar surface area (TPSA) is 122 Å². The third kappa shape index (κ3) is 5.79. The van der Waals surface area contributed by atoms with E-state index in [-0.39, 0.29) is 17.8 Å². The molecule has 1 amide bonds. The van der Waals surface area contributed by atoms with E-state index in [2.05, 4.69) is 10.2 Å². The molecule has 1 fully saturated rings. The van der Waals surface area contributed by atoms with E-state index < -0.39 is 26.9 Å². The minimum absolute atomic E-state index is 0.108. The van der Waals surface area contributed by atoms with E-state index in [4.69, 9.17) is 4.74 Å². The Balaban J connectivity index is 1.86. The van der Waals surface area contributed by atoms with Crippen molar-refractivity contribution in [1.82, 2.24) is 0 Å². The zero-order chi connectivity index (χ0) is 24.2. The van der Waals surface area contributed by atoms with Crippen LogP contribution < -0.4 is 14.5 Å². The Kier molecular flexibility index (Phi) is 7.54. The van der Waals surface area contributed by atoms with Crippen molar-refractivity contribution >= 4 is 38.7 Å². The quantitative estimate of drug-likeness (QED) is 0.459. The highest BCUT2D eigenvalue weighted by molar-refractivity contribution is 7.92. The van der Waals surface area contributed by atoms with E-state index in [1.54, 1.807) is 26.0 Å². The summed E-state index contributed by atoms with van der Waals surface area (Å²) in [7, 11) is -3.92. The number of hydrogen-bond donors (Lipinski definition) is 1. The van der Waals surface area contributed by atoms with Crippen LogP contribution in [0, 0.1) is 17.0 Å². The number of ether oxygens (including phenoxy) is 1. The summed E-state index contributed by atoms with van der Waals surface area (Å²) in [6.45, 7) is 6.23. The van der Waals surface area contributed by atoms with Crippen molar-refractivity contribution in [1.29, 1.82) is 0 Å². The largest absolute Gasteiger partial charge is 0.378 e. The minimum atomic E-state index is -3.92. The molecule has 1 saturated heterocycles. The van der Waals surface area contributed by atoms with Crippen LogP contribution in [0.2, 0.25) is 0 Å². The summed E-state index contributed by atoms with van der Waals surface area (Å²) in [5.74, 6) is -0.520. The summed E-state index contributed by atoms with van der Waals surface area (Å²) in [6, 6.07) is 10.2. The Morgan fingerprint density at radius 1 is 1.21 bits per heavy atom. The van der Waals surface area contributed by atoms with Crippen LogP contribution in [0.5, 0.6) is 0 Å². The summed E-state index contributed by atoms with van der Waals surface area (Å²) in [5, 5.41) is 14.0. The number of non-ortho nitro benzene ring substituents is 1. The third-order valence-corrected chi connectivity index (χ3v) is 6.65. The minimum Gasteiger partial charge on any atom is -0.378 e. The summed E-state index contributed by atoms with van der Waals surface area (Å²) in [6.07, 6.45) is 1.16. The molecule has 1 N–H and O–H groups in total. The first-order valence-electron chi connectivity index (χ1n) is 10.6. The number of carbonyl (C=O) groups is 1. The molecule has 33 heavy (non-hydrogen) atoms. The lowest BCUT2D eigenvalue weighted by Crippen LogP contribution is -2.47. The summed E-state index contributed by atoms with van der Waals surface area (Å²) in [5.41, 5.74) is 1.90. The number of rotatable bonds is 8. The van der Waals surface area contributed by atoms with Crippen LogP contribution >= 0.6 is 0 Å². The van der Waals surface area contributed by atoms with Crippen LogP contribution in [0.4, 0.5) is 22.7 Å². The molecule has 0 spiro atoms. The average Bonchev–Trinajstić information content (AvgIpc) is 2.78. The number of benzene rings is 2. The first-order chi connectivity index (χ1) is 15.6. The number of nitro benzene ring substituents is 1. The zero-order valence-corrected chi connectivity index (χ0v) is 19.7. The Bertz CT molecular complexity index is 1110. The molecular formula is C22H28N4O6S. The Labute approximate surface area is 193 Å². The fourth-order valence-electron chi connectivity index (χ4n) is 3.79. The van der Waals surface area contributed by atoms with Crippen LogP contribution in [0.1, 0.15) is 18.9 Å². The smallest absolute Gasteiger partial charge is 0.271 e. The monoisotopic (exact) mass is 476 g/mol. The van der Waals surface area contributed by atoms with Gasteiger partial charge < -0.3 is 15.0 Å². The zero-order valence-electron chi connectivity index (χ0n) is 18.9. The Morgan fingerprint density at radius 2 is 1.85 bits per heavy atom. The molecule has 3 rings (SSSR count). The molecule has 1 aliphatic rings. The predicted octanol–water partition coefficient (Wildman–Crippen LogP) is 2.92. The van der Waals surface area contributed by atoms with Crippen LogP contribution in [-0.4, -0.2) is 57.8 Å². The number of carbonyl (C=O) groups excluding carboxylic acids is 1. The van der Waals surface area contributed by atoms with Gasteiger partial charge in [0.2, 0.25) is 15.9 Å². The van der Waals surface area contributed by atoms with Crippen LogP contribution in [0.25, 0.3) is 0 Å². The van der Waals surface area contributed by atoms with Crippen molar-refractivity contribution in [2.24, 2.45) is 0 Å². The normalized spacial score (nSPS) is 15.1. The van der Waals surface area contributed by atoms with Gasteiger partial charge >= 0.3 is 0 Å². The molecule has 1 unspecified atom stereocenters. The molecule has 0 radical (unpaired) electrons. The van der Waals surface area contributed by atoms with E-state index >= 15 is 0 Å². The molecule has 0 aliphatic carbocycles. The van der Waals surface area contributed by atoms with Crippen molar-refractivity contribution in [2.45, 2.75) is 26.3 Å². The van der Waals surface area contributed by atoms with E-state index in [0.29, 0.717) is 24.5 Å². The molecule has 0 bridgehead atoms. The van der Waals surface area contributed by atoms with Gasteiger partial charge in [0.05, 0.1) is 30.1 Å². The number of aryl methyl sites for hydroxylation is 1. The molecule has 178 valence electrons. The number of nitrogens with one attached hydrogen (secondary N) is 1. The lowest BCUT2D eigenvalue weighted by Gasteiger charge is -2.31. The number of anilines is 3. The molecule has 2 aromatic rings. The van der Waals surface area contributed by atoms with Crippen molar-refractivity contribution in [3.8, 4) is 0 Å². The number of nitrogens with zero attached hydrogens (tertiary/aromatic N) is 3. The van der Waals surface area contributed by atoms with E-state index in [9.17, 15) is 23.3 Å². The van der Waals surface area contributed by atoms with Gasteiger partial charge in [-0.3, -0.25) is 19.2 Å². The second kappa shape index (κ2) is 10.2. The van der Waals surface area contributed by atoms with Gasteiger partial charge in [0.1, 0.15) is 6.04 Å². The highest BCUT2D eigenvalue weighted by atomic mass is 32.2. The fourth-order valence-corrected chi connectivity index (χ4v) is 5.05. The molecular weight excluding hydrogens is 448 g/mol. The maximum absolute atomic E-state index is 13.1. The highest BCUT2D eigenvalue weighted by Gasteiger charge is 2.33. The summed E-state index contributed by atoms with van der Waals surface area (Å²) < 4.78 is 31.7. The first kappa shape index (κ1) is 24.5. The number of nitro groups is 1. The number of amides is 1. The van der Waals surface area contributed by atoms with Gasteiger partial charge in [0.15, 0.2) is 0 Å². The van der Waals surface area contributed by atoms with Crippen molar-refractivity contribution in [3.63, 3.8) is 0 Å². The first-order valence-corrected chi connectivity index (χ1v) is 12.4. The standard InChI is InChI=1S/C22H28N4O6S/c1-4-20(25(33(3,30)31)21-15-19(26(28)29)8-5-16(21)2)22(27)23-17-6-9-18(10-7-17)24-11-13-32-14-12-24/h5-10,15,20H,4,11-14H2,1-3H3,(H,23,27). The Morgan fingerprint density at radius 3 is 2.39 bits per heavy atom. The van der Waals surface area contributed by atoms with Gasteiger partial charge in [-0.25, -0.2) is 8.42 Å². The molecule has 1 heterocycles. The van der Waals surface area contributed by atoms with Crippen LogP contribution in [0.15, 0.2) is 42.5 Å². The maximum atomic E-state index is 13.1. The van der Waals surface area contributed by atoms with Gasteiger partial charge in [0.25, 0.3) is 5.69 Å². The van der Waals surface area contributed by atoms with Gasteiger partial charge in [0, 0.05) is 36.6 Å². The number of hydrogen-bond acceptors (Lipinski definition) is 7. The van der Waals surface area contributed by atoms with Crippen molar-refractivity contribution < 1.29 is 22.9 Å². The Hall–Kier alpha value is -3.18. The lowest BCUT2D eigenvalue weighted by molar-refractivity contribution is -0.384. The molecule has 10 nitrogen and oxygen atoms in total. The second-order valence-corrected chi connectivity index (χ2v) is 9.71. The summed E-state index contributed by atoms with van der Waals surface area (Å²) in [4.78, 5) is 26.0. The van der Waals surface area contributed by atoms with Gasteiger partial charge in [-0.2, -0.15) is 0 Å². The highest BCUT2D eigenvalue weighted by Crippen LogP contribution is 2.30. The molecule has 1 atom stereocenters. The molecule has 2 aromatic carbocycles. The van der Waals surface area contributed by atoms with Crippen LogP contribution in [-0.2, 0) is 19.6 Å². The van der Waals surface area contributed by atoms with Crippen molar-refractivity contribution in [3.05, 3.63) is 58.1 Å². The average molecular weight is 477 g/mol. The predicted molar refractivity (Wildman–Crippen MR) is 127 cm³/mol. The number of morpholine rings is 1. The molecule has 11 heteroatoms. The second-order valence-electron chi connectivity index (χ2n) is 7.85. The number of sulfonamides is 1. The van der Waals surface area contributed by atoms with E-state index in [1.165, 1.54) is 18.2 Å². The van der Waals surface area contributed by atoms with E-state index in [1.807, 2.05) is 12.1 Å². The summed E-state index contributed by atoms with van der Waals surface area (Å²) >= 11 is 0. The maximum Gasteiger partial charge on any atom is 0.271 e. The third-order valence-electron chi connectivity index (χ3n) is 5.48. The van der Waals surface area contributed by atoms with Gasteiger partial charge in [-0.05, 0) is 43.2 Å². The lowest BCUT2D eigenvalue weighted by atomic mass is 10.1.